The highest BCUT2D eigenvalue weighted by Crippen LogP contribution is 2.18. The van der Waals surface area contributed by atoms with E-state index in [-0.39, 0.29) is 0 Å². The van der Waals surface area contributed by atoms with Crippen molar-refractivity contribution in [2.45, 2.75) is 71.1 Å². The Bertz CT molecular complexity index is 144. The average Bonchev–Trinajstić information content (AvgIpc) is 2.22. The Morgan fingerprint density at radius 2 is 1.54 bits per heavy atom. The summed E-state index contributed by atoms with van der Waals surface area (Å²) in [7, 11) is 0. The maximum Gasteiger partial charge on any atom is -0.0320 e. The van der Waals surface area contributed by atoms with Gasteiger partial charge in [-0.3, -0.25) is 0 Å². The number of hydrogen-bond donors (Lipinski definition) is 0. The van der Waals surface area contributed by atoms with E-state index in [0.717, 1.165) is 0 Å². The fourth-order valence-electron chi connectivity index (χ4n) is 2.11. The van der Waals surface area contributed by atoms with Crippen molar-refractivity contribution in [1.29, 1.82) is 0 Å². The molecule has 0 heteroatoms. The van der Waals surface area contributed by atoms with Crippen LogP contribution in [0.4, 0.5) is 0 Å². The fourth-order valence-corrected chi connectivity index (χ4v) is 2.11. The van der Waals surface area contributed by atoms with Crippen molar-refractivity contribution in [3.05, 3.63) is 11.6 Å². The van der Waals surface area contributed by atoms with Crippen LogP contribution >= 0.6 is 0 Å². The predicted molar refractivity (Wildman–Crippen MR) is 59.9 cm³/mol. The molecule has 1 rings (SSSR count). The van der Waals surface area contributed by atoms with Crippen LogP contribution in [0.1, 0.15) is 71.1 Å². The zero-order chi connectivity index (χ0) is 9.36. The van der Waals surface area contributed by atoms with Gasteiger partial charge in [-0.25, -0.2) is 0 Å². The minimum absolute atomic E-state index is 1.28. The van der Waals surface area contributed by atoms with Gasteiger partial charge in [0.2, 0.25) is 0 Å². The first-order valence-corrected chi connectivity index (χ1v) is 6.11. The van der Waals surface area contributed by atoms with Crippen molar-refractivity contribution in [3.8, 4) is 0 Å². The van der Waals surface area contributed by atoms with Crippen LogP contribution in [0.25, 0.3) is 0 Å². The Hall–Kier alpha value is -0.260. The third-order valence-corrected chi connectivity index (χ3v) is 3.09. The smallest absolute Gasteiger partial charge is 0.0320 e. The molecule has 0 heterocycles. The topological polar surface area (TPSA) is 0 Å². The first kappa shape index (κ1) is 10.8. The number of allylic oxidation sites excluding steroid dienone is 2. The molecule has 1 aliphatic carbocycles. The van der Waals surface area contributed by atoms with E-state index in [4.69, 9.17) is 0 Å². The standard InChI is InChI=1S/C13H24/c1-2-13-11-9-7-5-3-4-6-8-10-12-13/h11H,2-10,12H2,1H3/b13-11-. The lowest BCUT2D eigenvalue weighted by atomic mass is 10.0. The molecule has 0 saturated carbocycles. The van der Waals surface area contributed by atoms with Crippen molar-refractivity contribution in [2.75, 3.05) is 0 Å². The monoisotopic (exact) mass is 180 g/mol. The van der Waals surface area contributed by atoms with Gasteiger partial charge in [0.05, 0.1) is 0 Å². The summed E-state index contributed by atoms with van der Waals surface area (Å²) in [5.41, 5.74) is 1.71. The lowest BCUT2D eigenvalue weighted by molar-refractivity contribution is 0.586. The van der Waals surface area contributed by atoms with Gasteiger partial charge >= 0.3 is 0 Å². The lowest BCUT2D eigenvalue weighted by Crippen LogP contribution is -1.83. The number of rotatable bonds is 1. The van der Waals surface area contributed by atoms with Crippen molar-refractivity contribution in [1.82, 2.24) is 0 Å². The Morgan fingerprint density at radius 3 is 2.23 bits per heavy atom. The molecule has 0 nitrogen and oxygen atoms in total. The van der Waals surface area contributed by atoms with Crippen molar-refractivity contribution < 1.29 is 0 Å². The van der Waals surface area contributed by atoms with Gasteiger partial charge in [-0.2, -0.15) is 0 Å². The van der Waals surface area contributed by atoms with Crippen LogP contribution in [0.2, 0.25) is 0 Å². The Balaban J connectivity index is 2.31. The molecule has 0 aromatic carbocycles. The minimum Gasteiger partial charge on any atom is -0.0853 e. The second kappa shape index (κ2) is 7.17. The van der Waals surface area contributed by atoms with Crippen LogP contribution in [-0.4, -0.2) is 0 Å². The lowest BCUT2D eigenvalue weighted by Gasteiger charge is -2.03. The highest BCUT2D eigenvalue weighted by atomic mass is 14.0. The predicted octanol–water partition coefficient (Wildman–Crippen LogP) is 4.85. The van der Waals surface area contributed by atoms with Gasteiger partial charge < -0.3 is 0 Å². The third-order valence-electron chi connectivity index (χ3n) is 3.09. The summed E-state index contributed by atoms with van der Waals surface area (Å²) >= 11 is 0. The summed E-state index contributed by atoms with van der Waals surface area (Å²) < 4.78 is 0. The maximum absolute atomic E-state index is 2.51. The first-order valence-electron chi connectivity index (χ1n) is 6.11. The van der Waals surface area contributed by atoms with Crippen LogP contribution in [0, 0.1) is 0 Å². The van der Waals surface area contributed by atoms with Gasteiger partial charge in [0.15, 0.2) is 0 Å². The van der Waals surface area contributed by atoms with Crippen molar-refractivity contribution in [2.24, 2.45) is 0 Å². The molecule has 0 aliphatic heterocycles. The van der Waals surface area contributed by atoms with Gasteiger partial charge in [0.25, 0.3) is 0 Å². The summed E-state index contributed by atoms with van der Waals surface area (Å²) in [6.45, 7) is 2.30. The highest BCUT2D eigenvalue weighted by Gasteiger charge is 1.98. The third kappa shape index (κ3) is 5.13. The minimum atomic E-state index is 1.28. The Kier molecular flexibility index (Phi) is 5.97. The van der Waals surface area contributed by atoms with Gasteiger partial charge in [0, 0.05) is 0 Å². The van der Waals surface area contributed by atoms with E-state index in [1.807, 2.05) is 0 Å². The molecule has 76 valence electrons. The molecule has 0 fully saturated rings. The molecular formula is C13H24. The molecule has 0 amide bonds. The molecule has 0 spiro atoms. The second-order valence-corrected chi connectivity index (χ2v) is 4.23. The van der Waals surface area contributed by atoms with Crippen LogP contribution in [0.15, 0.2) is 11.6 Å². The Labute approximate surface area is 83.4 Å². The molecular weight excluding hydrogens is 156 g/mol. The Morgan fingerprint density at radius 1 is 0.923 bits per heavy atom. The zero-order valence-electron chi connectivity index (χ0n) is 9.15. The van der Waals surface area contributed by atoms with Crippen LogP contribution in [0.5, 0.6) is 0 Å². The molecule has 0 radical (unpaired) electrons. The van der Waals surface area contributed by atoms with Gasteiger partial charge in [-0.15, -0.1) is 0 Å². The average molecular weight is 180 g/mol. The van der Waals surface area contributed by atoms with Gasteiger partial charge in [-0.05, 0) is 32.1 Å². The summed E-state index contributed by atoms with van der Waals surface area (Å²) in [5, 5.41) is 0. The molecule has 1 aliphatic rings. The van der Waals surface area contributed by atoms with Crippen molar-refractivity contribution >= 4 is 0 Å². The second-order valence-electron chi connectivity index (χ2n) is 4.23. The summed E-state index contributed by atoms with van der Waals surface area (Å²) in [5.74, 6) is 0. The zero-order valence-corrected chi connectivity index (χ0v) is 9.15. The first-order chi connectivity index (χ1) is 6.43. The molecule has 0 bridgehead atoms. The molecule has 0 unspecified atom stereocenters. The molecule has 0 aromatic heterocycles. The summed E-state index contributed by atoms with van der Waals surface area (Å²) in [4.78, 5) is 0. The quantitative estimate of drug-likeness (QED) is 0.506. The van der Waals surface area contributed by atoms with E-state index in [1.54, 1.807) is 5.57 Å². The molecule has 13 heavy (non-hydrogen) atoms. The van der Waals surface area contributed by atoms with E-state index < -0.39 is 0 Å². The molecule has 0 atom stereocenters. The SMILES string of the molecule is CC/C1=C/CCCCCCCCC1. The van der Waals surface area contributed by atoms with E-state index in [2.05, 4.69) is 13.0 Å². The van der Waals surface area contributed by atoms with Crippen LogP contribution in [-0.2, 0) is 0 Å². The molecule has 0 N–H and O–H groups in total. The van der Waals surface area contributed by atoms with E-state index in [9.17, 15) is 0 Å². The fraction of sp³-hybridized carbons (Fsp3) is 0.846. The van der Waals surface area contributed by atoms with Gasteiger partial charge in [0.1, 0.15) is 0 Å². The molecule has 0 aromatic rings. The van der Waals surface area contributed by atoms with Crippen LogP contribution < -0.4 is 0 Å². The highest BCUT2D eigenvalue weighted by molar-refractivity contribution is 5.00. The van der Waals surface area contributed by atoms with Gasteiger partial charge in [-0.1, -0.05) is 50.7 Å². The van der Waals surface area contributed by atoms with Crippen molar-refractivity contribution in [3.63, 3.8) is 0 Å². The van der Waals surface area contributed by atoms with E-state index in [0.29, 0.717) is 0 Å². The summed E-state index contributed by atoms with van der Waals surface area (Å²) in [6.07, 6.45) is 16.7. The normalized spacial score (nSPS) is 25.8. The maximum atomic E-state index is 2.51. The van der Waals surface area contributed by atoms with E-state index in [1.165, 1.54) is 64.2 Å². The summed E-state index contributed by atoms with van der Waals surface area (Å²) in [6, 6.07) is 0. The largest absolute Gasteiger partial charge is 0.0853 e. The number of hydrogen-bond acceptors (Lipinski definition) is 0. The van der Waals surface area contributed by atoms with E-state index >= 15 is 0 Å². The molecule has 0 saturated heterocycles. The van der Waals surface area contributed by atoms with Crippen LogP contribution in [0.3, 0.4) is 0 Å².